The molecular weight excluding hydrogens is 328 g/mol. The lowest BCUT2D eigenvalue weighted by Crippen LogP contribution is -2.27. The molecule has 0 saturated heterocycles. The molecule has 6 heteroatoms. The summed E-state index contributed by atoms with van der Waals surface area (Å²) in [6.45, 7) is 4.04. The van der Waals surface area contributed by atoms with Crippen molar-refractivity contribution in [2.45, 2.75) is 20.3 Å². The van der Waals surface area contributed by atoms with Crippen LogP contribution in [0.15, 0.2) is 10.5 Å². The number of aliphatic carboxylic acids is 1. The molecule has 0 radical (unpaired) electrons. The van der Waals surface area contributed by atoms with E-state index in [9.17, 15) is 14.7 Å². The molecule has 20 heavy (non-hydrogen) atoms. The Hall–Kier alpha value is -1.56. The van der Waals surface area contributed by atoms with Gasteiger partial charge in [-0.25, -0.2) is 0 Å². The van der Waals surface area contributed by atoms with Gasteiger partial charge in [-0.1, -0.05) is 15.9 Å². The second kappa shape index (κ2) is 5.44. The number of carboxylic acids is 1. The molecule has 0 aliphatic carbocycles. The summed E-state index contributed by atoms with van der Waals surface area (Å²) >= 11 is 3.38. The molecule has 0 saturated carbocycles. The Labute approximate surface area is 125 Å². The number of carbonyl (C=O) groups is 2. The molecule has 5 nitrogen and oxygen atoms in total. The minimum atomic E-state index is -0.945. The standard InChI is InChI=1S/C14H15BrO5/c1-14(2,13(17)18)6-9-10(15)5-8(7-16)11-12(9)20-4-3-19-11/h5,7H,3-4,6H2,1-2H3,(H,17,18). The lowest BCUT2D eigenvalue weighted by atomic mass is 9.85. The summed E-state index contributed by atoms with van der Waals surface area (Å²) in [4.78, 5) is 22.4. The molecule has 0 amide bonds. The second-order valence-electron chi connectivity index (χ2n) is 5.27. The van der Waals surface area contributed by atoms with E-state index in [2.05, 4.69) is 15.9 Å². The summed E-state index contributed by atoms with van der Waals surface area (Å²) < 4.78 is 11.7. The molecule has 0 bridgehead atoms. The molecule has 2 rings (SSSR count). The van der Waals surface area contributed by atoms with Gasteiger partial charge in [0.15, 0.2) is 17.8 Å². The Morgan fingerprint density at radius 1 is 1.40 bits per heavy atom. The van der Waals surface area contributed by atoms with Gasteiger partial charge in [0.2, 0.25) is 0 Å². The SMILES string of the molecule is CC(C)(Cc1c(Br)cc(C=O)c2c1OCCO2)C(=O)O. The molecule has 1 N–H and O–H groups in total. The zero-order chi connectivity index (χ0) is 14.9. The number of benzene rings is 1. The van der Waals surface area contributed by atoms with Crippen LogP contribution in [0.5, 0.6) is 11.5 Å². The van der Waals surface area contributed by atoms with Gasteiger partial charge in [-0.2, -0.15) is 0 Å². The first-order valence-electron chi connectivity index (χ1n) is 6.16. The second-order valence-corrected chi connectivity index (χ2v) is 6.12. The summed E-state index contributed by atoms with van der Waals surface area (Å²) in [5, 5.41) is 9.25. The molecule has 1 aliphatic rings. The van der Waals surface area contributed by atoms with Crippen molar-refractivity contribution in [1.82, 2.24) is 0 Å². The first-order chi connectivity index (χ1) is 9.36. The average molecular weight is 343 g/mol. The van der Waals surface area contributed by atoms with Crippen LogP contribution in [0.25, 0.3) is 0 Å². The van der Waals surface area contributed by atoms with Crippen molar-refractivity contribution in [3.8, 4) is 11.5 Å². The van der Waals surface area contributed by atoms with Gasteiger partial charge in [0.25, 0.3) is 0 Å². The van der Waals surface area contributed by atoms with Crippen LogP contribution >= 0.6 is 15.9 Å². The number of fused-ring (bicyclic) bond motifs is 1. The molecule has 108 valence electrons. The van der Waals surface area contributed by atoms with Gasteiger partial charge in [-0.05, 0) is 26.3 Å². The van der Waals surface area contributed by atoms with Crippen molar-refractivity contribution < 1.29 is 24.2 Å². The van der Waals surface area contributed by atoms with E-state index in [-0.39, 0.29) is 6.42 Å². The van der Waals surface area contributed by atoms with E-state index in [4.69, 9.17) is 9.47 Å². The lowest BCUT2D eigenvalue weighted by molar-refractivity contribution is -0.146. The Bertz CT molecular complexity index is 565. The summed E-state index contributed by atoms with van der Waals surface area (Å²) in [5.41, 5.74) is 0.154. The van der Waals surface area contributed by atoms with Crippen LogP contribution in [0.4, 0.5) is 0 Å². The van der Waals surface area contributed by atoms with Gasteiger partial charge in [0.05, 0.1) is 11.0 Å². The van der Waals surface area contributed by atoms with Crippen LogP contribution in [0.3, 0.4) is 0 Å². The monoisotopic (exact) mass is 342 g/mol. The smallest absolute Gasteiger partial charge is 0.309 e. The normalized spacial score (nSPS) is 13.9. The molecule has 0 atom stereocenters. The predicted octanol–water partition coefficient (Wildman–Crippen LogP) is 2.69. The van der Waals surface area contributed by atoms with E-state index in [1.807, 2.05) is 0 Å². The Kier molecular flexibility index (Phi) is 4.04. The van der Waals surface area contributed by atoms with Gasteiger partial charge in [0.1, 0.15) is 13.2 Å². The van der Waals surface area contributed by atoms with Crippen molar-refractivity contribution in [2.75, 3.05) is 13.2 Å². The Balaban J connectivity index is 2.53. The van der Waals surface area contributed by atoms with E-state index in [1.165, 1.54) is 0 Å². The van der Waals surface area contributed by atoms with Crippen molar-refractivity contribution in [3.05, 3.63) is 21.7 Å². The molecule has 0 aromatic heterocycles. The molecular formula is C14H15BrO5. The third-order valence-electron chi connectivity index (χ3n) is 3.21. The van der Waals surface area contributed by atoms with Crippen molar-refractivity contribution in [3.63, 3.8) is 0 Å². The molecule has 0 spiro atoms. The maximum Gasteiger partial charge on any atom is 0.309 e. The van der Waals surface area contributed by atoms with E-state index in [0.29, 0.717) is 46.6 Å². The van der Waals surface area contributed by atoms with Gasteiger partial charge in [0, 0.05) is 10.0 Å². The maximum absolute atomic E-state index is 11.3. The topological polar surface area (TPSA) is 72.8 Å². The summed E-state index contributed by atoms with van der Waals surface area (Å²) in [6.07, 6.45) is 0.970. The number of carboxylic acid groups (broad SMARTS) is 1. The highest BCUT2D eigenvalue weighted by Gasteiger charge is 2.32. The highest BCUT2D eigenvalue weighted by atomic mass is 79.9. The molecule has 1 heterocycles. The van der Waals surface area contributed by atoms with Gasteiger partial charge >= 0.3 is 5.97 Å². The molecule has 0 fully saturated rings. The summed E-state index contributed by atoms with van der Waals surface area (Å²) in [7, 11) is 0. The third-order valence-corrected chi connectivity index (χ3v) is 3.92. The van der Waals surface area contributed by atoms with Gasteiger partial charge in [-0.15, -0.1) is 0 Å². The fourth-order valence-corrected chi connectivity index (χ4v) is 2.59. The first kappa shape index (κ1) is 14.8. The Morgan fingerprint density at radius 2 is 2.00 bits per heavy atom. The van der Waals surface area contributed by atoms with E-state index in [0.717, 1.165) is 0 Å². The quantitative estimate of drug-likeness (QED) is 0.851. The molecule has 0 unspecified atom stereocenters. The van der Waals surface area contributed by atoms with Crippen LogP contribution in [0, 0.1) is 5.41 Å². The van der Waals surface area contributed by atoms with E-state index in [1.54, 1.807) is 19.9 Å². The van der Waals surface area contributed by atoms with Crippen molar-refractivity contribution in [2.24, 2.45) is 5.41 Å². The van der Waals surface area contributed by atoms with Crippen LogP contribution in [-0.4, -0.2) is 30.6 Å². The highest BCUT2D eigenvalue weighted by Crippen LogP contribution is 2.43. The average Bonchev–Trinajstić information content (AvgIpc) is 2.41. The number of ether oxygens (including phenoxy) is 2. The van der Waals surface area contributed by atoms with E-state index >= 15 is 0 Å². The predicted molar refractivity (Wildman–Crippen MR) is 75.6 cm³/mol. The van der Waals surface area contributed by atoms with Crippen LogP contribution in [0.2, 0.25) is 0 Å². The van der Waals surface area contributed by atoms with Crippen LogP contribution < -0.4 is 9.47 Å². The zero-order valence-corrected chi connectivity index (χ0v) is 12.8. The minimum Gasteiger partial charge on any atom is -0.486 e. The third kappa shape index (κ3) is 2.65. The first-order valence-corrected chi connectivity index (χ1v) is 6.95. The zero-order valence-electron chi connectivity index (χ0n) is 11.2. The minimum absolute atomic E-state index is 0.272. The molecule has 1 aromatic rings. The lowest BCUT2D eigenvalue weighted by Gasteiger charge is -2.26. The fraction of sp³-hybridized carbons (Fsp3) is 0.429. The van der Waals surface area contributed by atoms with E-state index < -0.39 is 11.4 Å². The number of carbonyl (C=O) groups excluding carboxylic acids is 1. The summed E-state index contributed by atoms with van der Waals surface area (Å²) in [6, 6.07) is 1.63. The largest absolute Gasteiger partial charge is 0.486 e. The van der Waals surface area contributed by atoms with Crippen molar-refractivity contribution in [1.29, 1.82) is 0 Å². The maximum atomic E-state index is 11.3. The number of rotatable bonds is 4. The number of halogens is 1. The number of hydrogen-bond donors (Lipinski definition) is 1. The number of hydrogen-bond acceptors (Lipinski definition) is 4. The van der Waals surface area contributed by atoms with Gasteiger partial charge in [-0.3, -0.25) is 9.59 Å². The van der Waals surface area contributed by atoms with Crippen molar-refractivity contribution >= 4 is 28.2 Å². The summed E-state index contributed by atoms with van der Waals surface area (Å²) in [5.74, 6) is -0.0398. The van der Waals surface area contributed by atoms with Crippen LogP contribution in [0.1, 0.15) is 29.8 Å². The Morgan fingerprint density at radius 3 is 2.55 bits per heavy atom. The van der Waals surface area contributed by atoms with Crippen LogP contribution in [-0.2, 0) is 11.2 Å². The highest BCUT2D eigenvalue weighted by molar-refractivity contribution is 9.10. The fourth-order valence-electron chi connectivity index (χ4n) is 2.02. The molecule has 1 aliphatic heterocycles. The molecule has 1 aromatic carbocycles. The number of aldehydes is 1. The van der Waals surface area contributed by atoms with Gasteiger partial charge < -0.3 is 14.6 Å².